The van der Waals surface area contributed by atoms with Gasteiger partial charge in [0.1, 0.15) is 0 Å². The number of hydrogen-bond donors (Lipinski definition) is 0. The van der Waals surface area contributed by atoms with E-state index >= 15 is 0 Å². The van der Waals surface area contributed by atoms with Crippen molar-refractivity contribution in [3.05, 3.63) is 0 Å². The molecule has 5 nitrogen and oxygen atoms in total. The van der Waals surface area contributed by atoms with Crippen molar-refractivity contribution in [1.82, 2.24) is 0 Å². The van der Waals surface area contributed by atoms with Gasteiger partial charge in [-0.1, -0.05) is 27.7 Å². The van der Waals surface area contributed by atoms with Gasteiger partial charge in [0, 0.05) is 16.4 Å². The minimum atomic E-state index is -2.41. The van der Waals surface area contributed by atoms with Gasteiger partial charge in [-0.15, -0.1) is 9.05 Å². The van der Waals surface area contributed by atoms with Crippen molar-refractivity contribution in [2.45, 2.75) is 53.4 Å². The summed E-state index contributed by atoms with van der Waals surface area (Å²) in [7, 11) is -2.41. The van der Waals surface area contributed by atoms with E-state index in [9.17, 15) is 14.2 Å². The number of carbonyl (C=O) groups excluding carboxylic acids is 2. The highest BCUT2D eigenvalue weighted by Crippen LogP contribution is 2.25. The van der Waals surface area contributed by atoms with E-state index < -0.39 is 8.25 Å². The molecule has 0 heterocycles. The molecule has 0 bridgehead atoms. The predicted molar refractivity (Wildman–Crippen MR) is 77.7 cm³/mol. The number of Topliss-reactive ketones (excluding diaryl/α,β-unsaturated/α-hetero) is 2. The van der Waals surface area contributed by atoms with E-state index in [1.807, 2.05) is 27.7 Å². The van der Waals surface area contributed by atoms with Crippen LogP contribution >= 0.6 is 8.25 Å². The normalized spacial score (nSPS) is 11.1. The van der Waals surface area contributed by atoms with Crippen LogP contribution in [0.25, 0.3) is 0 Å². The molecular formula is C14H26O5P+. The molecule has 116 valence electrons. The van der Waals surface area contributed by atoms with Gasteiger partial charge < -0.3 is 0 Å². The lowest BCUT2D eigenvalue weighted by Crippen LogP contribution is -2.19. The Morgan fingerprint density at radius 1 is 0.800 bits per heavy atom. The summed E-state index contributed by atoms with van der Waals surface area (Å²) in [6, 6.07) is 0. The van der Waals surface area contributed by atoms with Crippen molar-refractivity contribution in [2.75, 3.05) is 13.2 Å². The van der Waals surface area contributed by atoms with E-state index in [0.29, 0.717) is 0 Å². The Kier molecular flexibility index (Phi) is 10.7. The second-order valence-corrected chi connectivity index (χ2v) is 5.69. The minimum Gasteiger partial charge on any atom is -0.297 e. The van der Waals surface area contributed by atoms with Gasteiger partial charge in [0.15, 0.2) is 24.8 Å². The van der Waals surface area contributed by atoms with Gasteiger partial charge >= 0.3 is 8.25 Å². The molecular weight excluding hydrogens is 279 g/mol. The summed E-state index contributed by atoms with van der Waals surface area (Å²) < 4.78 is 21.2. The van der Waals surface area contributed by atoms with Crippen molar-refractivity contribution in [3.8, 4) is 0 Å². The van der Waals surface area contributed by atoms with E-state index in [-0.39, 0.29) is 36.6 Å². The predicted octanol–water partition coefficient (Wildman–Crippen LogP) is 3.69. The first-order valence-electron chi connectivity index (χ1n) is 7.28. The van der Waals surface area contributed by atoms with Gasteiger partial charge in [-0.2, -0.15) is 0 Å². The number of rotatable bonds is 12. The van der Waals surface area contributed by atoms with Crippen molar-refractivity contribution in [3.63, 3.8) is 0 Å². The number of ketones is 2. The first kappa shape index (κ1) is 19.4. The minimum absolute atomic E-state index is 0.0652. The first-order valence-corrected chi connectivity index (χ1v) is 8.37. The summed E-state index contributed by atoms with van der Waals surface area (Å²) in [5.74, 6) is -0.282. The second-order valence-electron chi connectivity index (χ2n) is 4.73. The molecule has 0 amide bonds. The van der Waals surface area contributed by atoms with Crippen molar-refractivity contribution < 1.29 is 23.2 Å². The molecule has 0 spiro atoms. The first-order chi connectivity index (χ1) is 9.49. The molecule has 0 atom stereocenters. The Morgan fingerprint density at radius 2 is 1.10 bits per heavy atom. The van der Waals surface area contributed by atoms with Crippen LogP contribution in [0.3, 0.4) is 0 Å². The van der Waals surface area contributed by atoms with Crippen molar-refractivity contribution >= 4 is 19.8 Å². The molecule has 0 saturated carbocycles. The lowest BCUT2D eigenvalue weighted by molar-refractivity contribution is -0.125. The van der Waals surface area contributed by atoms with Crippen LogP contribution in [0.4, 0.5) is 0 Å². The molecule has 0 unspecified atom stereocenters. The quantitative estimate of drug-likeness (QED) is 0.514. The standard InChI is InChI=1S/C14H26O5P/c1-5-11(6-2)13(15)9-18-20(17)19-10-14(16)12(7-3)8-4/h11-12H,5-10H2,1-4H3/q+1. The van der Waals surface area contributed by atoms with Crippen LogP contribution < -0.4 is 0 Å². The topological polar surface area (TPSA) is 69.7 Å². The Hall–Kier alpha value is -0.640. The van der Waals surface area contributed by atoms with Crippen LogP contribution in [0.1, 0.15) is 53.4 Å². The SMILES string of the molecule is CCC(CC)C(=O)CO[P+](=O)OCC(=O)C(CC)CC. The van der Waals surface area contributed by atoms with Crippen molar-refractivity contribution in [1.29, 1.82) is 0 Å². The maximum absolute atomic E-state index is 11.7. The highest BCUT2D eigenvalue weighted by Gasteiger charge is 2.27. The van der Waals surface area contributed by atoms with Crippen LogP contribution in [-0.2, 0) is 23.2 Å². The molecule has 20 heavy (non-hydrogen) atoms. The van der Waals surface area contributed by atoms with E-state index in [2.05, 4.69) is 0 Å². The van der Waals surface area contributed by atoms with Crippen LogP contribution in [0.15, 0.2) is 0 Å². The lowest BCUT2D eigenvalue weighted by atomic mass is 9.99. The Balaban J connectivity index is 4.01. The smallest absolute Gasteiger partial charge is 0.297 e. The number of carbonyl (C=O) groups is 2. The van der Waals surface area contributed by atoms with Crippen LogP contribution in [0, 0.1) is 11.8 Å². The van der Waals surface area contributed by atoms with Gasteiger partial charge in [-0.3, -0.25) is 9.59 Å². The fraction of sp³-hybridized carbons (Fsp3) is 0.857. The van der Waals surface area contributed by atoms with Gasteiger partial charge in [0.05, 0.1) is 0 Å². The molecule has 0 aromatic carbocycles. The third kappa shape index (κ3) is 7.22. The lowest BCUT2D eigenvalue weighted by Gasteiger charge is -2.08. The summed E-state index contributed by atoms with van der Waals surface area (Å²) >= 11 is 0. The van der Waals surface area contributed by atoms with E-state index in [1.165, 1.54) is 0 Å². The summed E-state index contributed by atoms with van der Waals surface area (Å²) in [6.07, 6.45) is 2.96. The molecule has 0 saturated heterocycles. The summed E-state index contributed by atoms with van der Waals surface area (Å²) in [5.41, 5.74) is 0. The molecule has 0 aromatic heterocycles. The molecule has 0 aliphatic rings. The van der Waals surface area contributed by atoms with Gasteiger partial charge in [0.2, 0.25) is 0 Å². The summed E-state index contributed by atoms with van der Waals surface area (Å²) in [4.78, 5) is 23.3. The van der Waals surface area contributed by atoms with Crippen molar-refractivity contribution in [2.24, 2.45) is 11.8 Å². The van der Waals surface area contributed by atoms with Crippen LogP contribution in [-0.4, -0.2) is 24.8 Å². The maximum atomic E-state index is 11.7. The zero-order valence-electron chi connectivity index (χ0n) is 12.9. The zero-order valence-corrected chi connectivity index (χ0v) is 13.8. The summed E-state index contributed by atoms with van der Waals surface area (Å²) in [5, 5.41) is 0. The molecule has 0 N–H and O–H groups in total. The maximum Gasteiger partial charge on any atom is 0.698 e. The Bertz CT molecular complexity index is 292. The zero-order chi connectivity index (χ0) is 15.5. The Morgan fingerprint density at radius 3 is 1.35 bits per heavy atom. The number of hydrogen-bond acceptors (Lipinski definition) is 5. The van der Waals surface area contributed by atoms with Crippen LogP contribution in [0.2, 0.25) is 0 Å². The van der Waals surface area contributed by atoms with Crippen LogP contribution in [0.5, 0.6) is 0 Å². The molecule has 0 rings (SSSR count). The second kappa shape index (κ2) is 11.1. The molecule has 0 aliphatic heterocycles. The fourth-order valence-electron chi connectivity index (χ4n) is 1.99. The molecule has 0 aliphatic carbocycles. The highest BCUT2D eigenvalue weighted by molar-refractivity contribution is 7.33. The van der Waals surface area contributed by atoms with E-state index in [4.69, 9.17) is 9.05 Å². The molecule has 0 aromatic rings. The third-order valence-electron chi connectivity index (χ3n) is 3.51. The monoisotopic (exact) mass is 305 g/mol. The average Bonchev–Trinajstić information content (AvgIpc) is 2.45. The van der Waals surface area contributed by atoms with Gasteiger partial charge in [0.25, 0.3) is 0 Å². The van der Waals surface area contributed by atoms with E-state index in [1.54, 1.807) is 0 Å². The Labute approximate surface area is 122 Å². The van der Waals surface area contributed by atoms with Gasteiger partial charge in [-0.25, -0.2) is 0 Å². The fourth-order valence-corrected chi connectivity index (χ4v) is 2.53. The van der Waals surface area contributed by atoms with Gasteiger partial charge in [-0.05, 0) is 25.7 Å². The highest BCUT2D eigenvalue weighted by atomic mass is 31.1. The summed E-state index contributed by atoms with van der Waals surface area (Å²) in [6.45, 7) is 7.27. The molecule has 0 fully saturated rings. The molecule has 0 radical (unpaired) electrons. The van der Waals surface area contributed by atoms with E-state index in [0.717, 1.165) is 25.7 Å². The largest absolute Gasteiger partial charge is 0.698 e. The third-order valence-corrected chi connectivity index (χ3v) is 4.19. The average molecular weight is 305 g/mol. The molecule has 6 heteroatoms.